The molecular formula is C20H28N2O7S. The molecule has 0 aliphatic heterocycles. The molecule has 0 saturated carbocycles. The molecule has 9 nitrogen and oxygen atoms in total. The third-order valence-electron chi connectivity index (χ3n) is 4.11. The summed E-state index contributed by atoms with van der Waals surface area (Å²) in [4.78, 5) is 12.5. The van der Waals surface area contributed by atoms with Crippen molar-refractivity contribution in [3.05, 3.63) is 48.4 Å². The molecule has 1 aromatic carbocycles. The van der Waals surface area contributed by atoms with Gasteiger partial charge < -0.3 is 23.9 Å². The van der Waals surface area contributed by atoms with Crippen molar-refractivity contribution in [3.63, 3.8) is 0 Å². The van der Waals surface area contributed by atoms with Crippen LogP contribution in [0.25, 0.3) is 0 Å². The van der Waals surface area contributed by atoms with Crippen LogP contribution in [-0.4, -0.2) is 47.5 Å². The number of amides is 1. The zero-order chi connectivity index (χ0) is 22.0. The molecule has 1 aromatic heterocycles. The molecule has 0 bridgehead atoms. The molecule has 0 aliphatic carbocycles. The normalized spacial score (nSPS) is 12.7. The standard InChI is InChI=1S/C20H28N2O7S/c1-4-27-20(28-5-2)14-21-19(23)13-17(18-7-6-12-29-18)22-30(24,25)16-10-8-15(26-3)9-11-16/h6-12,17,20,22H,4-5,13-14H2,1-3H3,(H,21,23)/t17-/m0/s1. The summed E-state index contributed by atoms with van der Waals surface area (Å²) in [5, 5.41) is 2.70. The Morgan fingerprint density at radius 1 is 1.10 bits per heavy atom. The maximum Gasteiger partial charge on any atom is 0.241 e. The summed E-state index contributed by atoms with van der Waals surface area (Å²) in [7, 11) is -2.40. The van der Waals surface area contributed by atoms with Crippen LogP contribution in [0.3, 0.4) is 0 Å². The molecule has 1 heterocycles. The first kappa shape index (κ1) is 23.9. The Labute approximate surface area is 176 Å². The minimum absolute atomic E-state index is 0.0491. The SMILES string of the molecule is CCOC(CNC(=O)C[C@H](NS(=O)(=O)c1ccc(OC)cc1)c1ccco1)OCC. The Morgan fingerprint density at radius 3 is 2.30 bits per heavy atom. The van der Waals surface area contributed by atoms with Gasteiger partial charge in [0.25, 0.3) is 0 Å². The Kier molecular flexibility index (Phi) is 9.31. The van der Waals surface area contributed by atoms with Crippen LogP contribution in [0.2, 0.25) is 0 Å². The third-order valence-corrected chi connectivity index (χ3v) is 5.60. The molecular weight excluding hydrogens is 412 g/mol. The largest absolute Gasteiger partial charge is 0.497 e. The van der Waals surface area contributed by atoms with Gasteiger partial charge in [-0.3, -0.25) is 4.79 Å². The van der Waals surface area contributed by atoms with E-state index in [1.54, 1.807) is 24.3 Å². The summed E-state index contributed by atoms with van der Waals surface area (Å²) in [5.41, 5.74) is 0. The lowest BCUT2D eigenvalue weighted by molar-refractivity contribution is -0.140. The summed E-state index contributed by atoms with van der Waals surface area (Å²) in [6.07, 6.45) is 0.692. The third kappa shape index (κ3) is 7.13. The van der Waals surface area contributed by atoms with Crippen LogP contribution in [0.4, 0.5) is 0 Å². The van der Waals surface area contributed by atoms with Crippen molar-refractivity contribution in [2.24, 2.45) is 0 Å². The molecule has 0 saturated heterocycles. The highest BCUT2D eigenvalue weighted by Gasteiger charge is 2.26. The zero-order valence-electron chi connectivity index (χ0n) is 17.3. The van der Waals surface area contributed by atoms with Crippen LogP contribution < -0.4 is 14.8 Å². The number of methoxy groups -OCH3 is 1. The molecule has 10 heteroatoms. The van der Waals surface area contributed by atoms with Crippen LogP contribution in [0.1, 0.15) is 32.1 Å². The highest BCUT2D eigenvalue weighted by atomic mass is 32.2. The van der Waals surface area contributed by atoms with Crippen molar-refractivity contribution in [3.8, 4) is 5.75 Å². The van der Waals surface area contributed by atoms with Crippen LogP contribution in [0, 0.1) is 0 Å². The molecule has 2 rings (SSSR count). The van der Waals surface area contributed by atoms with E-state index in [2.05, 4.69) is 10.0 Å². The lowest BCUT2D eigenvalue weighted by Gasteiger charge is -2.19. The minimum Gasteiger partial charge on any atom is -0.497 e. The molecule has 0 spiro atoms. The molecule has 0 fully saturated rings. The first-order chi connectivity index (χ1) is 14.4. The maximum absolute atomic E-state index is 12.8. The van der Waals surface area contributed by atoms with Gasteiger partial charge in [0.1, 0.15) is 11.5 Å². The van der Waals surface area contributed by atoms with Crippen LogP contribution in [-0.2, 0) is 24.3 Å². The van der Waals surface area contributed by atoms with Gasteiger partial charge in [0, 0.05) is 13.2 Å². The summed E-state index contributed by atoms with van der Waals surface area (Å²) >= 11 is 0. The second-order valence-corrected chi connectivity index (χ2v) is 7.93. The Morgan fingerprint density at radius 2 is 1.77 bits per heavy atom. The zero-order valence-corrected chi connectivity index (χ0v) is 18.1. The van der Waals surface area contributed by atoms with E-state index < -0.39 is 22.4 Å². The molecule has 166 valence electrons. The number of nitrogens with one attached hydrogen (secondary N) is 2. The van der Waals surface area contributed by atoms with E-state index in [9.17, 15) is 13.2 Å². The summed E-state index contributed by atoms with van der Waals surface area (Å²) in [6.45, 7) is 4.69. The van der Waals surface area contributed by atoms with Gasteiger partial charge in [0.2, 0.25) is 15.9 Å². The van der Waals surface area contributed by atoms with E-state index in [1.807, 2.05) is 13.8 Å². The maximum atomic E-state index is 12.8. The van der Waals surface area contributed by atoms with Gasteiger partial charge in [-0.1, -0.05) is 0 Å². The summed E-state index contributed by atoms with van der Waals surface area (Å²) in [5.74, 6) is 0.487. The van der Waals surface area contributed by atoms with Gasteiger partial charge in [-0.15, -0.1) is 0 Å². The highest BCUT2D eigenvalue weighted by molar-refractivity contribution is 7.89. The van der Waals surface area contributed by atoms with Crippen molar-refractivity contribution in [1.82, 2.24) is 10.0 Å². The average Bonchev–Trinajstić information content (AvgIpc) is 3.27. The molecule has 2 N–H and O–H groups in total. The molecule has 2 aromatic rings. The van der Waals surface area contributed by atoms with E-state index in [4.69, 9.17) is 18.6 Å². The Bertz CT molecular complexity index is 861. The number of hydrogen-bond acceptors (Lipinski definition) is 7. The highest BCUT2D eigenvalue weighted by Crippen LogP contribution is 2.22. The van der Waals surface area contributed by atoms with Gasteiger partial charge in [0.15, 0.2) is 6.29 Å². The number of furan rings is 1. The quantitative estimate of drug-likeness (QED) is 0.459. The monoisotopic (exact) mass is 440 g/mol. The first-order valence-electron chi connectivity index (χ1n) is 9.59. The van der Waals surface area contributed by atoms with E-state index in [1.165, 1.54) is 25.5 Å². The number of sulfonamides is 1. The van der Waals surface area contributed by atoms with Crippen LogP contribution >= 0.6 is 0 Å². The van der Waals surface area contributed by atoms with Gasteiger partial charge in [0.05, 0.1) is 37.3 Å². The number of rotatable bonds is 13. The average molecular weight is 441 g/mol. The van der Waals surface area contributed by atoms with Crippen LogP contribution in [0.15, 0.2) is 52.0 Å². The molecule has 1 amide bonds. The lowest BCUT2D eigenvalue weighted by atomic mass is 10.1. The Balaban J connectivity index is 2.08. The van der Waals surface area contributed by atoms with E-state index in [-0.39, 0.29) is 23.8 Å². The van der Waals surface area contributed by atoms with Crippen molar-refractivity contribution in [2.75, 3.05) is 26.9 Å². The fraction of sp³-hybridized carbons (Fsp3) is 0.450. The number of ether oxygens (including phenoxy) is 3. The molecule has 1 atom stereocenters. The number of carbonyl (C=O) groups excluding carboxylic acids is 1. The molecule has 0 aliphatic rings. The van der Waals surface area contributed by atoms with Gasteiger partial charge in [-0.2, -0.15) is 4.72 Å². The molecule has 30 heavy (non-hydrogen) atoms. The fourth-order valence-electron chi connectivity index (χ4n) is 2.69. The predicted molar refractivity (Wildman–Crippen MR) is 109 cm³/mol. The number of benzene rings is 1. The summed E-state index contributed by atoms with van der Waals surface area (Å²) in [6, 6.07) is 8.30. The van der Waals surface area contributed by atoms with Gasteiger partial charge >= 0.3 is 0 Å². The topological polar surface area (TPSA) is 116 Å². The molecule has 0 unspecified atom stereocenters. The molecule has 0 radical (unpaired) electrons. The smallest absolute Gasteiger partial charge is 0.241 e. The van der Waals surface area contributed by atoms with Crippen molar-refractivity contribution >= 4 is 15.9 Å². The van der Waals surface area contributed by atoms with Crippen molar-refractivity contribution in [1.29, 1.82) is 0 Å². The van der Waals surface area contributed by atoms with Crippen molar-refractivity contribution < 1.29 is 31.8 Å². The van der Waals surface area contributed by atoms with Gasteiger partial charge in [-0.05, 0) is 50.2 Å². The fourth-order valence-corrected chi connectivity index (χ4v) is 3.90. The van der Waals surface area contributed by atoms with Gasteiger partial charge in [-0.25, -0.2) is 8.42 Å². The number of hydrogen-bond donors (Lipinski definition) is 2. The minimum atomic E-state index is -3.90. The number of carbonyl (C=O) groups is 1. The van der Waals surface area contributed by atoms with Crippen molar-refractivity contribution in [2.45, 2.75) is 37.5 Å². The van der Waals surface area contributed by atoms with E-state index in [0.717, 1.165) is 0 Å². The summed E-state index contributed by atoms with van der Waals surface area (Å²) < 4.78 is 49.3. The lowest BCUT2D eigenvalue weighted by Crippen LogP contribution is -2.38. The second kappa shape index (κ2) is 11.7. The Hall–Kier alpha value is -2.40. The predicted octanol–water partition coefficient (Wildman–Crippen LogP) is 2.21. The van der Waals surface area contributed by atoms with E-state index in [0.29, 0.717) is 24.7 Å². The van der Waals surface area contributed by atoms with E-state index >= 15 is 0 Å². The second-order valence-electron chi connectivity index (χ2n) is 6.21. The van der Waals surface area contributed by atoms with Crippen LogP contribution in [0.5, 0.6) is 5.75 Å². The first-order valence-corrected chi connectivity index (χ1v) is 11.1.